The van der Waals surface area contributed by atoms with Crippen molar-refractivity contribution in [1.82, 2.24) is 10.2 Å². The zero-order chi connectivity index (χ0) is 14.0. The lowest BCUT2D eigenvalue weighted by Gasteiger charge is -2.32. The zero-order valence-corrected chi connectivity index (χ0v) is 11.2. The topological polar surface area (TPSA) is 49.4 Å². The summed E-state index contributed by atoms with van der Waals surface area (Å²) in [6.07, 6.45) is 0.513. The van der Waals surface area contributed by atoms with Crippen LogP contribution in [0.5, 0.6) is 0 Å². The lowest BCUT2D eigenvalue weighted by molar-refractivity contribution is -0.144. The molecule has 2 amide bonds. The highest BCUT2D eigenvalue weighted by molar-refractivity contribution is 6.30. The van der Waals surface area contributed by atoms with Crippen LogP contribution in [0.25, 0.3) is 0 Å². The van der Waals surface area contributed by atoms with E-state index in [0.717, 1.165) is 0 Å². The maximum atomic E-state index is 13.6. The van der Waals surface area contributed by atoms with Crippen LogP contribution in [0.2, 0.25) is 5.02 Å². The van der Waals surface area contributed by atoms with E-state index in [-0.39, 0.29) is 24.9 Å². The molecule has 0 spiro atoms. The summed E-state index contributed by atoms with van der Waals surface area (Å²) in [5.74, 6) is -0.855. The fourth-order valence-electron chi connectivity index (χ4n) is 2.05. The molecule has 0 saturated carbocycles. The highest BCUT2D eigenvalue weighted by Crippen LogP contribution is 2.18. The molecular weight excluding hydrogens is 271 g/mol. The molecule has 1 N–H and O–H groups in total. The monoisotopic (exact) mass is 284 g/mol. The summed E-state index contributed by atoms with van der Waals surface area (Å²) in [7, 11) is 0. The van der Waals surface area contributed by atoms with Crippen LogP contribution in [-0.4, -0.2) is 29.3 Å². The third kappa shape index (κ3) is 3.04. The van der Waals surface area contributed by atoms with Crippen molar-refractivity contribution in [3.63, 3.8) is 0 Å². The molecule has 1 atom stereocenters. The van der Waals surface area contributed by atoms with Crippen LogP contribution < -0.4 is 5.32 Å². The number of carbonyl (C=O) groups is 2. The van der Waals surface area contributed by atoms with Crippen molar-refractivity contribution in [3.8, 4) is 0 Å². The number of nitrogens with zero attached hydrogens (tertiary/aromatic N) is 1. The minimum Gasteiger partial charge on any atom is -0.343 e. The summed E-state index contributed by atoms with van der Waals surface area (Å²) in [6, 6.07) is 3.64. The number of hydrogen-bond donors (Lipinski definition) is 1. The average Bonchev–Trinajstić information content (AvgIpc) is 2.37. The molecule has 6 heteroatoms. The number of rotatable bonds is 3. The van der Waals surface area contributed by atoms with Crippen LogP contribution in [0.15, 0.2) is 18.2 Å². The van der Waals surface area contributed by atoms with E-state index in [1.807, 2.05) is 6.92 Å². The van der Waals surface area contributed by atoms with E-state index in [4.69, 9.17) is 11.6 Å². The Morgan fingerprint density at radius 3 is 2.89 bits per heavy atom. The molecule has 0 aromatic heterocycles. The predicted molar refractivity (Wildman–Crippen MR) is 69.0 cm³/mol. The Hall–Kier alpha value is -1.62. The van der Waals surface area contributed by atoms with E-state index in [2.05, 4.69) is 5.32 Å². The summed E-state index contributed by atoms with van der Waals surface area (Å²) < 4.78 is 13.6. The van der Waals surface area contributed by atoms with Crippen molar-refractivity contribution >= 4 is 23.4 Å². The van der Waals surface area contributed by atoms with Gasteiger partial charge in [-0.25, -0.2) is 4.39 Å². The fraction of sp³-hybridized carbons (Fsp3) is 0.385. The van der Waals surface area contributed by atoms with E-state index < -0.39 is 11.9 Å². The first-order valence-electron chi connectivity index (χ1n) is 6.03. The van der Waals surface area contributed by atoms with E-state index in [1.165, 1.54) is 23.1 Å². The van der Waals surface area contributed by atoms with Gasteiger partial charge in [-0.2, -0.15) is 0 Å². The van der Waals surface area contributed by atoms with Gasteiger partial charge in [0.2, 0.25) is 11.8 Å². The fourth-order valence-corrected chi connectivity index (χ4v) is 2.25. The molecule has 1 heterocycles. The first-order valence-corrected chi connectivity index (χ1v) is 6.41. The van der Waals surface area contributed by atoms with Crippen molar-refractivity contribution in [2.75, 3.05) is 6.54 Å². The van der Waals surface area contributed by atoms with Gasteiger partial charge >= 0.3 is 0 Å². The van der Waals surface area contributed by atoms with E-state index in [9.17, 15) is 14.0 Å². The number of hydrogen-bond acceptors (Lipinski definition) is 2. The molecule has 0 aliphatic carbocycles. The summed E-state index contributed by atoms with van der Waals surface area (Å²) >= 11 is 5.81. The average molecular weight is 285 g/mol. The highest BCUT2D eigenvalue weighted by atomic mass is 35.5. The van der Waals surface area contributed by atoms with Gasteiger partial charge in [-0.3, -0.25) is 9.59 Å². The van der Waals surface area contributed by atoms with Gasteiger partial charge in [0, 0.05) is 17.1 Å². The summed E-state index contributed by atoms with van der Waals surface area (Å²) in [4.78, 5) is 24.9. The normalized spacial score (nSPS) is 19.5. The maximum absolute atomic E-state index is 13.6. The Morgan fingerprint density at radius 2 is 2.21 bits per heavy atom. The van der Waals surface area contributed by atoms with Crippen LogP contribution in [0.4, 0.5) is 4.39 Å². The minimum atomic E-state index is -0.525. The first kappa shape index (κ1) is 13.8. The number of piperazine rings is 1. The second-order valence-electron chi connectivity index (χ2n) is 4.46. The van der Waals surface area contributed by atoms with Crippen molar-refractivity contribution in [2.24, 2.45) is 0 Å². The molecule has 1 saturated heterocycles. The van der Waals surface area contributed by atoms with E-state index in [1.54, 1.807) is 0 Å². The number of halogens is 2. The van der Waals surface area contributed by atoms with Gasteiger partial charge in [0.15, 0.2) is 0 Å². The van der Waals surface area contributed by atoms with Crippen molar-refractivity contribution in [2.45, 2.75) is 25.9 Å². The highest BCUT2D eigenvalue weighted by Gasteiger charge is 2.31. The standard InChI is InChI=1S/C13H14ClFN2O2/c1-2-11-13(19)17(7-12(18)16-11)6-8-5-9(14)3-4-10(8)15/h3-5,11H,2,6-7H2,1H3,(H,16,18). The Labute approximate surface area is 115 Å². The van der Waals surface area contributed by atoms with Crippen LogP contribution in [0.1, 0.15) is 18.9 Å². The molecule has 1 aliphatic rings. The lowest BCUT2D eigenvalue weighted by Crippen LogP contribution is -2.57. The Kier molecular flexibility index (Phi) is 4.04. The van der Waals surface area contributed by atoms with E-state index >= 15 is 0 Å². The van der Waals surface area contributed by atoms with Gasteiger partial charge in [0.05, 0.1) is 6.54 Å². The zero-order valence-electron chi connectivity index (χ0n) is 10.5. The van der Waals surface area contributed by atoms with Crippen molar-refractivity contribution < 1.29 is 14.0 Å². The molecular formula is C13H14ClFN2O2. The maximum Gasteiger partial charge on any atom is 0.245 e. The largest absolute Gasteiger partial charge is 0.343 e. The Morgan fingerprint density at radius 1 is 1.47 bits per heavy atom. The molecule has 0 bridgehead atoms. The number of carbonyl (C=O) groups excluding carboxylic acids is 2. The van der Waals surface area contributed by atoms with Gasteiger partial charge in [0.25, 0.3) is 0 Å². The van der Waals surface area contributed by atoms with Crippen LogP contribution in [0, 0.1) is 5.82 Å². The van der Waals surface area contributed by atoms with Crippen molar-refractivity contribution in [1.29, 1.82) is 0 Å². The van der Waals surface area contributed by atoms with Crippen LogP contribution in [0.3, 0.4) is 0 Å². The lowest BCUT2D eigenvalue weighted by atomic mass is 10.1. The number of amides is 2. The molecule has 19 heavy (non-hydrogen) atoms. The van der Waals surface area contributed by atoms with E-state index in [0.29, 0.717) is 17.0 Å². The minimum absolute atomic E-state index is 0.0507. The van der Waals surface area contributed by atoms with Gasteiger partial charge < -0.3 is 10.2 Å². The molecule has 1 unspecified atom stereocenters. The van der Waals surface area contributed by atoms with Crippen LogP contribution in [-0.2, 0) is 16.1 Å². The molecule has 2 rings (SSSR count). The van der Waals surface area contributed by atoms with Gasteiger partial charge in [-0.05, 0) is 24.6 Å². The van der Waals surface area contributed by atoms with Crippen molar-refractivity contribution in [3.05, 3.63) is 34.6 Å². The molecule has 1 aliphatic heterocycles. The molecule has 102 valence electrons. The van der Waals surface area contributed by atoms with Gasteiger partial charge in [-0.15, -0.1) is 0 Å². The molecule has 1 fully saturated rings. The Balaban J connectivity index is 2.19. The second-order valence-corrected chi connectivity index (χ2v) is 4.89. The molecule has 1 aromatic carbocycles. The number of nitrogens with one attached hydrogen (secondary N) is 1. The summed E-state index contributed by atoms with van der Waals surface area (Å²) in [5.41, 5.74) is 0.311. The predicted octanol–water partition coefficient (Wildman–Crippen LogP) is 1.72. The quantitative estimate of drug-likeness (QED) is 0.919. The van der Waals surface area contributed by atoms with Gasteiger partial charge in [-0.1, -0.05) is 18.5 Å². The number of benzene rings is 1. The SMILES string of the molecule is CCC1NC(=O)CN(Cc2cc(Cl)ccc2F)C1=O. The first-order chi connectivity index (χ1) is 9.01. The Bertz CT molecular complexity index is 521. The summed E-state index contributed by atoms with van der Waals surface area (Å²) in [5, 5.41) is 3.01. The smallest absolute Gasteiger partial charge is 0.245 e. The third-order valence-electron chi connectivity index (χ3n) is 3.06. The molecule has 0 radical (unpaired) electrons. The van der Waals surface area contributed by atoms with Crippen LogP contribution >= 0.6 is 11.6 Å². The second kappa shape index (κ2) is 5.57. The van der Waals surface area contributed by atoms with Gasteiger partial charge in [0.1, 0.15) is 11.9 Å². The summed E-state index contributed by atoms with van der Waals surface area (Å²) in [6.45, 7) is 1.81. The third-order valence-corrected chi connectivity index (χ3v) is 3.29. The molecule has 1 aromatic rings. The molecule has 4 nitrogen and oxygen atoms in total.